The standard InChI is InChI=1S/C26H24F3N3O3S/c1-16(2)15-35-22-8-3-5-18(13-22)24(34)32-25(36)31-20-11-9-17(10-12-20)23(33)30-21-7-4-6-19(14-21)26(27,28)29/h3-14,16H,15H2,1-2H3,(H,30,33)(H2,31,32,34,36). The van der Waals surface area contributed by atoms with Gasteiger partial charge in [0.25, 0.3) is 11.8 Å². The molecule has 10 heteroatoms. The van der Waals surface area contributed by atoms with Gasteiger partial charge in [-0.05, 0) is 78.8 Å². The first-order chi connectivity index (χ1) is 17.0. The summed E-state index contributed by atoms with van der Waals surface area (Å²) in [7, 11) is 0. The predicted octanol–water partition coefficient (Wildman–Crippen LogP) is 6.12. The zero-order valence-corrected chi connectivity index (χ0v) is 20.3. The molecule has 3 aromatic carbocycles. The Balaban J connectivity index is 1.56. The van der Waals surface area contributed by atoms with Gasteiger partial charge in [0.15, 0.2) is 5.11 Å². The van der Waals surface area contributed by atoms with Gasteiger partial charge in [-0.3, -0.25) is 14.9 Å². The zero-order valence-electron chi connectivity index (χ0n) is 19.5. The first-order valence-electron chi connectivity index (χ1n) is 10.9. The SMILES string of the molecule is CC(C)COc1cccc(C(=O)NC(=S)Nc2ccc(C(=O)Nc3cccc(C(F)(F)F)c3)cc2)c1. The second-order valence-corrected chi connectivity index (χ2v) is 8.66. The lowest BCUT2D eigenvalue weighted by Crippen LogP contribution is -2.34. The van der Waals surface area contributed by atoms with E-state index in [0.29, 0.717) is 29.5 Å². The van der Waals surface area contributed by atoms with E-state index in [1.54, 1.807) is 36.4 Å². The Bertz CT molecular complexity index is 1240. The lowest BCUT2D eigenvalue weighted by Gasteiger charge is -2.12. The highest BCUT2D eigenvalue weighted by Gasteiger charge is 2.30. The number of rotatable bonds is 7. The van der Waals surface area contributed by atoms with Crippen molar-refractivity contribution in [2.24, 2.45) is 5.92 Å². The highest BCUT2D eigenvalue weighted by atomic mass is 32.1. The number of ether oxygens (including phenoxy) is 1. The maximum absolute atomic E-state index is 12.9. The molecule has 0 aliphatic heterocycles. The summed E-state index contributed by atoms with van der Waals surface area (Å²) in [6.07, 6.45) is -4.51. The molecule has 0 fully saturated rings. The van der Waals surface area contributed by atoms with E-state index in [0.717, 1.165) is 12.1 Å². The van der Waals surface area contributed by atoms with Crippen LogP contribution in [-0.4, -0.2) is 23.5 Å². The molecular weight excluding hydrogens is 491 g/mol. The van der Waals surface area contributed by atoms with E-state index < -0.39 is 23.6 Å². The van der Waals surface area contributed by atoms with Crippen LogP contribution in [0.25, 0.3) is 0 Å². The monoisotopic (exact) mass is 515 g/mol. The molecular formula is C26H24F3N3O3S. The summed E-state index contributed by atoms with van der Waals surface area (Å²) in [6, 6.07) is 17.2. The van der Waals surface area contributed by atoms with Crippen LogP contribution in [-0.2, 0) is 6.18 Å². The molecule has 6 nitrogen and oxygen atoms in total. The molecule has 0 heterocycles. The van der Waals surface area contributed by atoms with Crippen molar-refractivity contribution in [3.63, 3.8) is 0 Å². The fraction of sp³-hybridized carbons (Fsp3) is 0.192. The molecule has 0 spiro atoms. The Labute approximate surface area is 211 Å². The minimum atomic E-state index is -4.51. The predicted molar refractivity (Wildman–Crippen MR) is 136 cm³/mol. The number of anilines is 2. The average molecular weight is 516 g/mol. The highest BCUT2D eigenvalue weighted by molar-refractivity contribution is 7.80. The molecule has 3 rings (SSSR count). The third kappa shape index (κ3) is 7.81. The van der Waals surface area contributed by atoms with Crippen molar-refractivity contribution in [2.45, 2.75) is 20.0 Å². The van der Waals surface area contributed by atoms with Crippen LogP contribution in [0.5, 0.6) is 5.75 Å². The molecule has 0 aliphatic carbocycles. The van der Waals surface area contributed by atoms with Gasteiger partial charge in [-0.15, -0.1) is 0 Å². The molecule has 36 heavy (non-hydrogen) atoms. The summed E-state index contributed by atoms with van der Waals surface area (Å²) < 4.78 is 44.2. The van der Waals surface area contributed by atoms with E-state index in [4.69, 9.17) is 17.0 Å². The fourth-order valence-electron chi connectivity index (χ4n) is 3.01. The number of benzene rings is 3. The van der Waals surface area contributed by atoms with E-state index in [1.807, 2.05) is 13.8 Å². The van der Waals surface area contributed by atoms with Crippen LogP contribution in [0, 0.1) is 5.92 Å². The molecule has 0 atom stereocenters. The van der Waals surface area contributed by atoms with Crippen molar-refractivity contribution in [2.75, 3.05) is 17.2 Å². The van der Waals surface area contributed by atoms with Gasteiger partial charge in [-0.25, -0.2) is 0 Å². The Morgan fingerprint density at radius 3 is 2.22 bits per heavy atom. The molecule has 0 aliphatic rings. The summed E-state index contributed by atoms with van der Waals surface area (Å²) in [5.41, 5.74) is 0.280. The topological polar surface area (TPSA) is 79.5 Å². The van der Waals surface area contributed by atoms with Crippen molar-refractivity contribution >= 4 is 40.5 Å². The number of halogens is 3. The Morgan fingerprint density at radius 1 is 0.861 bits per heavy atom. The molecule has 0 bridgehead atoms. The lowest BCUT2D eigenvalue weighted by molar-refractivity contribution is -0.137. The van der Waals surface area contributed by atoms with E-state index >= 15 is 0 Å². The van der Waals surface area contributed by atoms with E-state index in [9.17, 15) is 22.8 Å². The number of hydrogen-bond donors (Lipinski definition) is 3. The number of carbonyl (C=O) groups excluding carboxylic acids is 2. The summed E-state index contributed by atoms with van der Waals surface area (Å²) in [6.45, 7) is 4.57. The Morgan fingerprint density at radius 2 is 1.56 bits per heavy atom. The van der Waals surface area contributed by atoms with Gasteiger partial charge in [0.2, 0.25) is 0 Å². The van der Waals surface area contributed by atoms with Gasteiger partial charge in [0.1, 0.15) is 5.75 Å². The van der Waals surface area contributed by atoms with Gasteiger partial charge in [-0.2, -0.15) is 13.2 Å². The lowest BCUT2D eigenvalue weighted by atomic mass is 10.1. The first-order valence-corrected chi connectivity index (χ1v) is 11.4. The van der Waals surface area contributed by atoms with E-state index in [-0.39, 0.29) is 16.4 Å². The van der Waals surface area contributed by atoms with Crippen molar-refractivity contribution < 1.29 is 27.5 Å². The second kappa shape index (κ2) is 11.7. The summed E-state index contributed by atoms with van der Waals surface area (Å²) in [5, 5.41) is 7.92. The normalized spacial score (nSPS) is 11.1. The van der Waals surface area contributed by atoms with Crippen molar-refractivity contribution in [3.05, 3.63) is 89.5 Å². The maximum atomic E-state index is 12.9. The molecule has 2 amide bonds. The van der Waals surface area contributed by atoms with Gasteiger partial charge in [0, 0.05) is 22.5 Å². The molecule has 0 unspecified atom stereocenters. The first kappa shape index (κ1) is 26.7. The number of amides is 2. The average Bonchev–Trinajstić information content (AvgIpc) is 2.83. The number of hydrogen-bond acceptors (Lipinski definition) is 4. The largest absolute Gasteiger partial charge is 0.493 e. The molecule has 0 radical (unpaired) electrons. The summed E-state index contributed by atoms with van der Waals surface area (Å²) in [4.78, 5) is 24.9. The highest BCUT2D eigenvalue weighted by Crippen LogP contribution is 2.30. The zero-order chi connectivity index (χ0) is 26.3. The van der Waals surface area contributed by atoms with Crippen LogP contribution in [0.4, 0.5) is 24.5 Å². The maximum Gasteiger partial charge on any atom is 0.416 e. The van der Waals surface area contributed by atoms with Crippen molar-refractivity contribution in [1.82, 2.24) is 5.32 Å². The molecule has 3 aromatic rings. The van der Waals surface area contributed by atoms with Crippen LogP contribution in [0.15, 0.2) is 72.8 Å². The minimum Gasteiger partial charge on any atom is -0.493 e. The third-order valence-electron chi connectivity index (χ3n) is 4.76. The second-order valence-electron chi connectivity index (χ2n) is 8.25. The molecule has 0 saturated carbocycles. The van der Waals surface area contributed by atoms with Crippen LogP contribution >= 0.6 is 12.2 Å². The molecule has 188 valence electrons. The van der Waals surface area contributed by atoms with E-state index in [1.165, 1.54) is 24.3 Å². The van der Waals surface area contributed by atoms with Crippen LogP contribution in [0.1, 0.15) is 40.1 Å². The van der Waals surface area contributed by atoms with Gasteiger partial charge >= 0.3 is 6.18 Å². The Kier molecular flexibility index (Phi) is 8.65. The molecule has 0 saturated heterocycles. The van der Waals surface area contributed by atoms with Gasteiger partial charge < -0.3 is 15.4 Å². The van der Waals surface area contributed by atoms with Crippen molar-refractivity contribution in [1.29, 1.82) is 0 Å². The van der Waals surface area contributed by atoms with Gasteiger partial charge in [-0.1, -0.05) is 26.0 Å². The number of alkyl halides is 3. The van der Waals surface area contributed by atoms with Crippen LogP contribution in [0.3, 0.4) is 0 Å². The van der Waals surface area contributed by atoms with Crippen molar-refractivity contribution in [3.8, 4) is 5.75 Å². The van der Waals surface area contributed by atoms with Gasteiger partial charge in [0.05, 0.1) is 12.2 Å². The number of carbonyl (C=O) groups is 2. The number of thiocarbonyl (C=S) groups is 1. The Hall–Kier alpha value is -3.92. The molecule has 3 N–H and O–H groups in total. The fourth-order valence-corrected chi connectivity index (χ4v) is 3.22. The summed E-state index contributed by atoms with van der Waals surface area (Å²) in [5.74, 6) is -0.0672. The minimum absolute atomic E-state index is 0.0274. The van der Waals surface area contributed by atoms with Crippen LogP contribution < -0.4 is 20.7 Å². The molecule has 0 aromatic heterocycles. The smallest absolute Gasteiger partial charge is 0.416 e. The quantitative estimate of drug-likeness (QED) is 0.331. The third-order valence-corrected chi connectivity index (χ3v) is 4.96. The number of nitrogens with one attached hydrogen (secondary N) is 3. The van der Waals surface area contributed by atoms with Crippen LogP contribution in [0.2, 0.25) is 0 Å². The summed E-state index contributed by atoms with van der Waals surface area (Å²) >= 11 is 5.20. The van der Waals surface area contributed by atoms with E-state index in [2.05, 4.69) is 16.0 Å².